The topological polar surface area (TPSA) is 89.9 Å². The Morgan fingerprint density at radius 2 is 2.20 bits per heavy atom. The van der Waals surface area contributed by atoms with E-state index in [1.54, 1.807) is 4.90 Å². The van der Waals surface area contributed by atoms with E-state index < -0.39 is 12.1 Å². The first-order valence-corrected chi connectivity index (χ1v) is 6.55. The summed E-state index contributed by atoms with van der Waals surface area (Å²) in [5.41, 5.74) is 3.11. The van der Waals surface area contributed by atoms with Crippen molar-refractivity contribution in [2.24, 2.45) is 0 Å². The normalized spacial score (nSPS) is 15.4. The Morgan fingerprint density at radius 3 is 2.90 bits per heavy atom. The molecule has 2 rings (SSSR count). The van der Waals surface area contributed by atoms with E-state index in [1.165, 1.54) is 0 Å². The maximum Gasteiger partial charge on any atom is 0.334 e. The van der Waals surface area contributed by atoms with Crippen molar-refractivity contribution < 1.29 is 19.8 Å². The minimum Gasteiger partial charge on any atom is -0.479 e. The summed E-state index contributed by atoms with van der Waals surface area (Å²) in [7, 11) is 0. The van der Waals surface area contributed by atoms with Gasteiger partial charge >= 0.3 is 12.0 Å². The molecule has 0 saturated carbocycles. The summed E-state index contributed by atoms with van der Waals surface area (Å²) in [5.74, 6) is -1.35. The maximum absolute atomic E-state index is 12.1. The van der Waals surface area contributed by atoms with Crippen LogP contribution in [0.2, 0.25) is 0 Å². The number of nitrogens with one attached hydrogen (secondary N) is 1. The average Bonchev–Trinajstić information content (AvgIpc) is 2.43. The van der Waals surface area contributed by atoms with Crippen molar-refractivity contribution in [3.8, 4) is 0 Å². The number of urea groups is 1. The summed E-state index contributed by atoms with van der Waals surface area (Å²) in [4.78, 5) is 24.2. The number of aryl methyl sites for hydroxylation is 2. The maximum atomic E-state index is 12.1. The lowest BCUT2D eigenvalue weighted by molar-refractivity contribution is -0.146. The molecule has 2 amide bonds. The largest absolute Gasteiger partial charge is 0.479 e. The van der Waals surface area contributed by atoms with Crippen molar-refractivity contribution in [3.63, 3.8) is 0 Å². The van der Waals surface area contributed by atoms with Crippen molar-refractivity contribution in [3.05, 3.63) is 29.3 Å². The summed E-state index contributed by atoms with van der Waals surface area (Å²) in [6.45, 7) is 2.29. The van der Waals surface area contributed by atoms with Gasteiger partial charge in [-0.25, -0.2) is 9.59 Å². The van der Waals surface area contributed by atoms with Crippen molar-refractivity contribution >= 4 is 17.7 Å². The monoisotopic (exact) mass is 278 g/mol. The Labute approximate surface area is 117 Å². The molecule has 0 aliphatic carbocycles. The van der Waals surface area contributed by atoms with Crippen LogP contribution < -0.4 is 10.2 Å². The van der Waals surface area contributed by atoms with Crippen molar-refractivity contribution in [2.45, 2.75) is 25.9 Å². The van der Waals surface area contributed by atoms with E-state index in [9.17, 15) is 14.7 Å². The fourth-order valence-electron chi connectivity index (χ4n) is 2.30. The molecule has 1 aromatic carbocycles. The number of aliphatic hydroxyl groups excluding tert-OH is 1. The summed E-state index contributed by atoms with van der Waals surface area (Å²) in [6.07, 6.45) is 0.213. The number of nitrogens with zero attached hydrogens (tertiary/aromatic N) is 1. The molecule has 1 aliphatic heterocycles. The zero-order chi connectivity index (χ0) is 14.7. The van der Waals surface area contributed by atoms with Crippen molar-refractivity contribution in [1.29, 1.82) is 0 Å². The second-order valence-corrected chi connectivity index (χ2v) is 4.93. The Bertz CT molecular complexity index is 530. The number of anilines is 1. The predicted octanol–water partition coefficient (Wildman–Crippen LogP) is 0.903. The Hall–Kier alpha value is -2.08. The van der Waals surface area contributed by atoms with Gasteiger partial charge < -0.3 is 15.5 Å². The molecule has 0 aromatic heterocycles. The smallest absolute Gasteiger partial charge is 0.334 e. The number of carbonyl (C=O) groups is 2. The lowest BCUT2D eigenvalue weighted by Crippen LogP contribution is -2.46. The SMILES string of the molecule is Cc1ccc2c(c1)CCCN2C(=O)NC[C@H](O)C(=O)O. The van der Waals surface area contributed by atoms with Crippen molar-refractivity contribution in [2.75, 3.05) is 18.0 Å². The molecule has 1 aliphatic rings. The number of hydrogen-bond donors (Lipinski definition) is 3. The Morgan fingerprint density at radius 1 is 1.45 bits per heavy atom. The second kappa shape index (κ2) is 5.92. The highest BCUT2D eigenvalue weighted by Crippen LogP contribution is 2.27. The van der Waals surface area contributed by atoms with Gasteiger partial charge in [-0.15, -0.1) is 0 Å². The fourth-order valence-corrected chi connectivity index (χ4v) is 2.30. The third-order valence-corrected chi connectivity index (χ3v) is 3.33. The number of carbonyl (C=O) groups excluding carboxylic acids is 1. The second-order valence-electron chi connectivity index (χ2n) is 4.93. The first kappa shape index (κ1) is 14.3. The number of aliphatic carboxylic acids is 1. The van der Waals surface area contributed by atoms with Gasteiger partial charge in [-0.1, -0.05) is 17.7 Å². The van der Waals surface area contributed by atoms with Gasteiger partial charge in [0.1, 0.15) is 0 Å². The molecule has 20 heavy (non-hydrogen) atoms. The first-order valence-electron chi connectivity index (χ1n) is 6.55. The number of fused-ring (bicyclic) bond motifs is 1. The zero-order valence-corrected chi connectivity index (χ0v) is 11.3. The van der Waals surface area contributed by atoms with Crippen LogP contribution in [0.15, 0.2) is 18.2 Å². The first-order chi connectivity index (χ1) is 9.49. The highest BCUT2D eigenvalue weighted by molar-refractivity contribution is 5.93. The molecule has 0 spiro atoms. The number of benzene rings is 1. The summed E-state index contributed by atoms with van der Waals surface area (Å²) >= 11 is 0. The zero-order valence-electron chi connectivity index (χ0n) is 11.3. The molecule has 0 unspecified atom stereocenters. The van der Waals surface area contributed by atoms with Crippen LogP contribution in [-0.2, 0) is 11.2 Å². The van der Waals surface area contributed by atoms with Crippen LogP contribution in [0.1, 0.15) is 17.5 Å². The summed E-state index contributed by atoms with van der Waals surface area (Å²) < 4.78 is 0. The van der Waals surface area contributed by atoms with Gasteiger partial charge in [0, 0.05) is 12.2 Å². The van der Waals surface area contributed by atoms with Crippen LogP contribution in [0.25, 0.3) is 0 Å². The van der Waals surface area contributed by atoms with E-state index in [4.69, 9.17) is 5.11 Å². The lowest BCUT2D eigenvalue weighted by Gasteiger charge is -2.30. The third kappa shape index (κ3) is 3.08. The van der Waals surface area contributed by atoms with Crippen LogP contribution in [0.4, 0.5) is 10.5 Å². The molecule has 0 bridgehead atoms. The number of aliphatic hydroxyl groups is 1. The van der Waals surface area contributed by atoms with Crippen LogP contribution in [0.3, 0.4) is 0 Å². The molecule has 3 N–H and O–H groups in total. The van der Waals surface area contributed by atoms with E-state index in [0.29, 0.717) is 6.54 Å². The standard InChI is InChI=1S/C14H18N2O4/c1-9-4-5-11-10(7-9)3-2-6-16(11)14(20)15-8-12(17)13(18)19/h4-5,7,12,17H,2-3,6,8H2,1H3,(H,15,20)(H,18,19)/t12-/m0/s1. The number of carboxylic acid groups (broad SMARTS) is 1. The predicted molar refractivity (Wildman–Crippen MR) is 73.9 cm³/mol. The number of amides is 2. The molecule has 0 saturated heterocycles. The number of rotatable bonds is 3. The average molecular weight is 278 g/mol. The minimum absolute atomic E-state index is 0.300. The summed E-state index contributed by atoms with van der Waals surface area (Å²) in [5, 5.41) is 20.2. The highest BCUT2D eigenvalue weighted by atomic mass is 16.4. The molecule has 1 aromatic rings. The lowest BCUT2D eigenvalue weighted by atomic mass is 10.00. The van der Waals surface area contributed by atoms with E-state index in [-0.39, 0.29) is 12.6 Å². The quantitative estimate of drug-likeness (QED) is 0.766. The Balaban J connectivity index is 2.07. The molecule has 108 valence electrons. The van der Waals surface area contributed by atoms with Crippen molar-refractivity contribution in [1.82, 2.24) is 5.32 Å². The number of hydrogen-bond acceptors (Lipinski definition) is 3. The molecule has 6 nitrogen and oxygen atoms in total. The van der Waals surface area contributed by atoms with Gasteiger partial charge in [0.25, 0.3) is 0 Å². The fraction of sp³-hybridized carbons (Fsp3) is 0.429. The molecular formula is C14H18N2O4. The van der Waals surface area contributed by atoms with Crippen LogP contribution in [0.5, 0.6) is 0 Å². The van der Waals surface area contributed by atoms with E-state index in [1.807, 2.05) is 19.1 Å². The van der Waals surface area contributed by atoms with E-state index >= 15 is 0 Å². The Kier molecular flexibility index (Phi) is 4.24. The van der Waals surface area contributed by atoms with Gasteiger partial charge in [0.2, 0.25) is 0 Å². The van der Waals surface area contributed by atoms with E-state index in [0.717, 1.165) is 29.7 Å². The van der Waals surface area contributed by atoms with Gasteiger partial charge in [0.15, 0.2) is 6.10 Å². The molecule has 6 heteroatoms. The van der Waals surface area contributed by atoms with Gasteiger partial charge in [-0.05, 0) is 31.4 Å². The molecule has 1 atom stereocenters. The molecule has 0 radical (unpaired) electrons. The van der Waals surface area contributed by atoms with E-state index in [2.05, 4.69) is 11.4 Å². The third-order valence-electron chi connectivity index (χ3n) is 3.33. The minimum atomic E-state index is -1.58. The highest BCUT2D eigenvalue weighted by Gasteiger charge is 2.23. The molecular weight excluding hydrogens is 260 g/mol. The van der Waals surface area contributed by atoms with Gasteiger partial charge in [-0.3, -0.25) is 4.90 Å². The van der Waals surface area contributed by atoms with Gasteiger partial charge in [-0.2, -0.15) is 0 Å². The van der Waals surface area contributed by atoms with Crippen LogP contribution >= 0.6 is 0 Å². The number of carboxylic acids is 1. The molecule has 0 fully saturated rings. The van der Waals surface area contributed by atoms with Gasteiger partial charge in [0.05, 0.1) is 6.54 Å². The van der Waals surface area contributed by atoms with Crippen LogP contribution in [0, 0.1) is 6.92 Å². The molecule has 1 heterocycles. The summed E-state index contributed by atoms with van der Waals surface area (Å²) in [6, 6.07) is 5.52. The van der Waals surface area contributed by atoms with Crippen LogP contribution in [-0.4, -0.2) is 41.4 Å².